The van der Waals surface area contributed by atoms with Crippen LogP contribution in [0.4, 0.5) is 0 Å². The Balaban J connectivity index is 2.02. The number of nitrogens with two attached hydrogens (primary N) is 1. The summed E-state index contributed by atoms with van der Waals surface area (Å²) in [5.41, 5.74) is 6.39. The molecule has 1 aromatic rings. The molecule has 1 fully saturated rings. The van der Waals surface area contributed by atoms with E-state index in [4.69, 9.17) is 5.73 Å². The van der Waals surface area contributed by atoms with Gasteiger partial charge in [0.1, 0.15) is 5.54 Å². The first-order valence-electron chi connectivity index (χ1n) is 7.65. The molecule has 3 heteroatoms. The monoisotopic (exact) mass is 271 g/mol. The molecule has 1 aromatic carbocycles. The first kappa shape index (κ1) is 15.0. The minimum Gasteiger partial charge on any atom is -0.310 e. The van der Waals surface area contributed by atoms with Gasteiger partial charge >= 0.3 is 0 Å². The number of benzene rings is 1. The highest BCUT2D eigenvalue weighted by Gasteiger charge is 2.28. The molecule has 0 saturated carbocycles. The molecule has 0 amide bonds. The fraction of sp³-hybridized carbons (Fsp3) is 0.588. The number of nitrogens with zero attached hydrogens (tertiary/aromatic N) is 2. The molecule has 3 nitrogen and oxygen atoms in total. The molecular formula is C17H25N3. The van der Waals surface area contributed by atoms with E-state index in [1.165, 1.54) is 25.7 Å². The Bertz CT molecular complexity index is 451. The van der Waals surface area contributed by atoms with Gasteiger partial charge in [-0.1, -0.05) is 43.2 Å². The summed E-state index contributed by atoms with van der Waals surface area (Å²) < 4.78 is 0. The Morgan fingerprint density at radius 2 is 2.05 bits per heavy atom. The maximum Gasteiger partial charge on any atom is 0.131 e. The van der Waals surface area contributed by atoms with Gasteiger partial charge in [-0.15, -0.1) is 0 Å². The SMILES string of the molecule is CC1CCCCCN1CCC(N)(C#N)c1ccccc1. The van der Waals surface area contributed by atoms with Crippen molar-refractivity contribution in [2.75, 3.05) is 13.1 Å². The highest BCUT2D eigenvalue weighted by atomic mass is 15.1. The third-order valence-corrected chi connectivity index (χ3v) is 4.47. The van der Waals surface area contributed by atoms with Gasteiger partial charge in [0.05, 0.1) is 6.07 Å². The maximum absolute atomic E-state index is 9.50. The van der Waals surface area contributed by atoms with Crippen LogP contribution in [0.2, 0.25) is 0 Å². The van der Waals surface area contributed by atoms with Crippen LogP contribution in [0, 0.1) is 11.3 Å². The van der Waals surface area contributed by atoms with Crippen LogP contribution in [0.25, 0.3) is 0 Å². The van der Waals surface area contributed by atoms with Gasteiger partial charge < -0.3 is 10.6 Å². The number of rotatable bonds is 4. The van der Waals surface area contributed by atoms with E-state index in [1.807, 2.05) is 30.3 Å². The van der Waals surface area contributed by atoms with Crippen molar-refractivity contribution in [2.24, 2.45) is 5.73 Å². The zero-order valence-electron chi connectivity index (χ0n) is 12.4. The second-order valence-electron chi connectivity index (χ2n) is 5.93. The van der Waals surface area contributed by atoms with Crippen molar-refractivity contribution in [1.29, 1.82) is 5.26 Å². The van der Waals surface area contributed by atoms with Gasteiger partial charge in [0.2, 0.25) is 0 Å². The standard InChI is InChI=1S/C17H25N3/c1-15-8-4-3-7-12-20(15)13-11-17(19,14-18)16-9-5-2-6-10-16/h2,5-6,9-10,15H,3-4,7-8,11-13,19H2,1H3. The lowest BCUT2D eigenvalue weighted by molar-refractivity contribution is 0.199. The first-order valence-corrected chi connectivity index (χ1v) is 7.65. The van der Waals surface area contributed by atoms with E-state index in [1.54, 1.807) is 0 Å². The van der Waals surface area contributed by atoms with E-state index in [9.17, 15) is 5.26 Å². The lowest BCUT2D eigenvalue weighted by Gasteiger charge is -2.30. The highest BCUT2D eigenvalue weighted by molar-refractivity contribution is 5.30. The average molecular weight is 271 g/mol. The molecular weight excluding hydrogens is 246 g/mol. The Morgan fingerprint density at radius 3 is 2.75 bits per heavy atom. The normalized spacial score (nSPS) is 23.6. The summed E-state index contributed by atoms with van der Waals surface area (Å²) in [6, 6.07) is 12.7. The summed E-state index contributed by atoms with van der Waals surface area (Å²) in [5.74, 6) is 0. The average Bonchev–Trinajstić information content (AvgIpc) is 2.70. The van der Waals surface area contributed by atoms with Gasteiger partial charge in [0.15, 0.2) is 0 Å². The fourth-order valence-corrected chi connectivity index (χ4v) is 2.99. The zero-order valence-corrected chi connectivity index (χ0v) is 12.4. The summed E-state index contributed by atoms with van der Waals surface area (Å²) in [4.78, 5) is 2.49. The molecule has 0 aliphatic carbocycles. The third kappa shape index (κ3) is 3.59. The second kappa shape index (κ2) is 6.88. The van der Waals surface area contributed by atoms with Crippen molar-refractivity contribution in [3.8, 4) is 6.07 Å². The molecule has 2 rings (SSSR count). The number of nitriles is 1. The second-order valence-corrected chi connectivity index (χ2v) is 5.93. The van der Waals surface area contributed by atoms with Crippen LogP contribution in [0.15, 0.2) is 30.3 Å². The van der Waals surface area contributed by atoms with Crippen LogP contribution in [0.3, 0.4) is 0 Å². The molecule has 1 aliphatic heterocycles. The Labute approximate surface area is 122 Å². The fourth-order valence-electron chi connectivity index (χ4n) is 2.99. The molecule has 0 bridgehead atoms. The van der Waals surface area contributed by atoms with Crippen LogP contribution >= 0.6 is 0 Å². The van der Waals surface area contributed by atoms with E-state index in [-0.39, 0.29) is 0 Å². The molecule has 2 N–H and O–H groups in total. The Kier molecular flexibility index (Phi) is 5.17. The summed E-state index contributed by atoms with van der Waals surface area (Å²) in [5, 5.41) is 9.50. The van der Waals surface area contributed by atoms with Gasteiger partial charge in [-0.05, 0) is 38.3 Å². The summed E-state index contributed by atoms with van der Waals surface area (Å²) in [6.07, 6.45) is 5.86. The van der Waals surface area contributed by atoms with Crippen molar-refractivity contribution in [3.05, 3.63) is 35.9 Å². The number of hydrogen-bond donors (Lipinski definition) is 1. The highest BCUT2D eigenvalue weighted by Crippen LogP contribution is 2.24. The molecule has 1 aliphatic rings. The molecule has 2 atom stereocenters. The third-order valence-electron chi connectivity index (χ3n) is 4.47. The van der Waals surface area contributed by atoms with Gasteiger partial charge in [-0.25, -0.2) is 0 Å². The lowest BCUT2D eigenvalue weighted by atomic mass is 9.89. The van der Waals surface area contributed by atoms with Gasteiger partial charge in [-0.2, -0.15) is 5.26 Å². The van der Waals surface area contributed by atoms with Gasteiger partial charge in [-0.3, -0.25) is 0 Å². The van der Waals surface area contributed by atoms with Crippen molar-refractivity contribution in [3.63, 3.8) is 0 Å². The molecule has 1 saturated heterocycles. The molecule has 108 valence electrons. The van der Waals surface area contributed by atoms with E-state index in [2.05, 4.69) is 17.9 Å². The molecule has 2 unspecified atom stereocenters. The topological polar surface area (TPSA) is 53.0 Å². The Morgan fingerprint density at radius 1 is 1.30 bits per heavy atom. The minimum atomic E-state index is -0.868. The summed E-state index contributed by atoms with van der Waals surface area (Å²) in [6.45, 7) is 4.33. The Hall–Kier alpha value is -1.37. The minimum absolute atomic E-state index is 0.608. The number of hydrogen-bond acceptors (Lipinski definition) is 3. The van der Waals surface area contributed by atoms with Crippen LogP contribution in [0.5, 0.6) is 0 Å². The van der Waals surface area contributed by atoms with E-state index >= 15 is 0 Å². The maximum atomic E-state index is 9.50. The number of likely N-dealkylation sites (tertiary alicyclic amines) is 1. The lowest BCUT2D eigenvalue weighted by Crippen LogP contribution is -2.41. The largest absolute Gasteiger partial charge is 0.310 e. The van der Waals surface area contributed by atoms with Gasteiger partial charge in [0, 0.05) is 12.6 Å². The predicted octanol–water partition coefficient (Wildman–Crippen LogP) is 3.02. The zero-order chi connectivity index (χ0) is 14.4. The molecule has 0 spiro atoms. The van der Waals surface area contributed by atoms with Crippen molar-refractivity contribution in [2.45, 2.75) is 50.6 Å². The smallest absolute Gasteiger partial charge is 0.131 e. The van der Waals surface area contributed by atoms with Crippen LogP contribution < -0.4 is 5.73 Å². The summed E-state index contributed by atoms with van der Waals surface area (Å²) in [7, 11) is 0. The van der Waals surface area contributed by atoms with E-state index < -0.39 is 5.54 Å². The molecule has 0 aromatic heterocycles. The van der Waals surface area contributed by atoms with Crippen LogP contribution in [0.1, 0.15) is 44.6 Å². The first-order chi connectivity index (χ1) is 9.65. The quantitative estimate of drug-likeness (QED) is 0.916. The van der Waals surface area contributed by atoms with Crippen molar-refractivity contribution in [1.82, 2.24) is 4.90 Å². The molecule has 1 heterocycles. The predicted molar refractivity (Wildman–Crippen MR) is 82.0 cm³/mol. The van der Waals surface area contributed by atoms with Crippen molar-refractivity contribution < 1.29 is 0 Å². The van der Waals surface area contributed by atoms with E-state index in [0.29, 0.717) is 12.5 Å². The van der Waals surface area contributed by atoms with Crippen molar-refractivity contribution >= 4 is 0 Å². The van der Waals surface area contributed by atoms with E-state index in [0.717, 1.165) is 18.7 Å². The van der Waals surface area contributed by atoms with Gasteiger partial charge in [0.25, 0.3) is 0 Å². The summed E-state index contributed by atoms with van der Waals surface area (Å²) >= 11 is 0. The van der Waals surface area contributed by atoms with Crippen LogP contribution in [-0.2, 0) is 5.54 Å². The van der Waals surface area contributed by atoms with Crippen LogP contribution in [-0.4, -0.2) is 24.0 Å². The molecule has 20 heavy (non-hydrogen) atoms. The molecule has 0 radical (unpaired) electrons.